The Bertz CT molecular complexity index is 871. The molecular weight excluding hydrogens is 336 g/mol. The third kappa shape index (κ3) is 3.18. The normalized spacial score (nSPS) is 14.6. The number of aryl methyl sites for hydroxylation is 1. The van der Waals surface area contributed by atoms with Crippen LogP contribution in [0.15, 0.2) is 10.9 Å². The standard InChI is InChI=1S/C14H14N4O5S/c1-2-9-16-18-12(21)5-8(15-14(18)24-9)7-23-13(22)6-17-10(19)3-4-11(17)20/h5H,2-4,6-7H2,1H3. The van der Waals surface area contributed by atoms with Gasteiger partial charge in [-0.15, -0.1) is 0 Å². The molecular formula is C14H14N4O5S. The largest absolute Gasteiger partial charge is 0.458 e. The molecule has 0 aromatic carbocycles. The summed E-state index contributed by atoms with van der Waals surface area (Å²) in [5.41, 5.74) is -0.0642. The van der Waals surface area contributed by atoms with Crippen LogP contribution in [0.25, 0.3) is 4.96 Å². The van der Waals surface area contributed by atoms with Crippen molar-refractivity contribution < 1.29 is 19.1 Å². The number of rotatable bonds is 5. The van der Waals surface area contributed by atoms with Crippen molar-refractivity contribution in [3.8, 4) is 0 Å². The lowest BCUT2D eigenvalue weighted by Gasteiger charge is -2.12. The number of carbonyl (C=O) groups excluding carboxylic acids is 3. The Morgan fingerprint density at radius 2 is 2.00 bits per heavy atom. The minimum absolute atomic E-state index is 0.117. The maximum absolute atomic E-state index is 12.0. The van der Waals surface area contributed by atoms with E-state index in [1.807, 2.05) is 6.92 Å². The van der Waals surface area contributed by atoms with Gasteiger partial charge < -0.3 is 4.74 Å². The number of hydrogen-bond acceptors (Lipinski definition) is 8. The molecule has 1 aliphatic rings. The van der Waals surface area contributed by atoms with Gasteiger partial charge in [0.25, 0.3) is 5.56 Å². The molecule has 0 atom stereocenters. The molecule has 2 aromatic heterocycles. The molecule has 1 saturated heterocycles. The fraction of sp³-hybridized carbons (Fsp3) is 0.429. The topological polar surface area (TPSA) is 111 Å². The molecule has 1 fully saturated rings. The highest BCUT2D eigenvalue weighted by molar-refractivity contribution is 7.16. The van der Waals surface area contributed by atoms with Crippen LogP contribution in [0.2, 0.25) is 0 Å². The number of likely N-dealkylation sites (tertiary alicyclic amines) is 1. The Labute approximate surface area is 139 Å². The number of amides is 2. The van der Waals surface area contributed by atoms with Crippen LogP contribution in [0.3, 0.4) is 0 Å². The van der Waals surface area contributed by atoms with E-state index in [1.54, 1.807) is 0 Å². The van der Waals surface area contributed by atoms with Crippen molar-refractivity contribution in [2.45, 2.75) is 32.8 Å². The lowest BCUT2D eigenvalue weighted by atomic mass is 10.4. The van der Waals surface area contributed by atoms with Gasteiger partial charge >= 0.3 is 5.97 Å². The van der Waals surface area contributed by atoms with Gasteiger partial charge in [-0.2, -0.15) is 9.61 Å². The SMILES string of the molecule is CCc1nn2c(=O)cc(COC(=O)CN3C(=O)CCC3=O)nc2s1. The maximum Gasteiger partial charge on any atom is 0.326 e. The highest BCUT2D eigenvalue weighted by Gasteiger charge is 2.30. The first-order valence-corrected chi connectivity index (χ1v) is 8.17. The summed E-state index contributed by atoms with van der Waals surface area (Å²) in [6, 6.07) is 1.24. The third-order valence-electron chi connectivity index (χ3n) is 3.47. The summed E-state index contributed by atoms with van der Waals surface area (Å²) < 4.78 is 6.22. The molecule has 0 aliphatic carbocycles. The number of ether oxygens (including phenoxy) is 1. The zero-order valence-corrected chi connectivity index (χ0v) is 13.7. The molecule has 0 saturated carbocycles. The Morgan fingerprint density at radius 1 is 1.29 bits per heavy atom. The van der Waals surface area contributed by atoms with E-state index in [0.29, 0.717) is 17.1 Å². The van der Waals surface area contributed by atoms with E-state index in [1.165, 1.54) is 21.9 Å². The molecule has 0 spiro atoms. The Kier molecular flexibility index (Phi) is 4.38. The van der Waals surface area contributed by atoms with Crippen molar-refractivity contribution in [1.29, 1.82) is 0 Å². The number of hydrogen-bond donors (Lipinski definition) is 0. The third-order valence-corrected chi connectivity index (χ3v) is 4.52. The molecule has 0 radical (unpaired) electrons. The molecule has 0 unspecified atom stereocenters. The molecule has 126 valence electrons. The molecule has 3 heterocycles. The monoisotopic (exact) mass is 350 g/mol. The second-order valence-electron chi connectivity index (χ2n) is 5.16. The fourth-order valence-electron chi connectivity index (χ4n) is 2.24. The Hall–Kier alpha value is -2.62. The Morgan fingerprint density at radius 3 is 2.67 bits per heavy atom. The van der Waals surface area contributed by atoms with Crippen LogP contribution in [0, 0.1) is 0 Å². The van der Waals surface area contributed by atoms with Crippen molar-refractivity contribution >= 4 is 34.1 Å². The first kappa shape index (κ1) is 16.2. The molecule has 2 aromatic rings. The minimum Gasteiger partial charge on any atom is -0.458 e. The number of aromatic nitrogens is 3. The van der Waals surface area contributed by atoms with E-state index in [2.05, 4.69) is 10.1 Å². The fourth-order valence-corrected chi connectivity index (χ4v) is 3.10. The van der Waals surface area contributed by atoms with E-state index < -0.39 is 12.5 Å². The predicted molar refractivity (Wildman–Crippen MR) is 82.3 cm³/mol. The summed E-state index contributed by atoms with van der Waals surface area (Å²) >= 11 is 1.29. The van der Waals surface area contributed by atoms with Crippen molar-refractivity contribution in [3.05, 3.63) is 27.1 Å². The average Bonchev–Trinajstić information content (AvgIpc) is 3.11. The first-order chi connectivity index (χ1) is 11.5. The molecule has 0 N–H and O–H groups in total. The summed E-state index contributed by atoms with van der Waals surface area (Å²) in [7, 11) is 0. The highest BCUT2D eigenvalue weighted by Crippen LogP contribution is 2.13. The lowest BCUT2D eigenvalue weighted by Crippen LogP contribution is -2.35. The summed E-state index contributed by atoms with van der Waals surface area (Å²) in [6.45, 7) is 1.30. The van der Waals surface area contributed by atoms with E-state index in [4.69, 9.17) is 4.74 Å². The molecule has 2 amide bonds. The lowest BCUT2D eigenvalue weighted by molar-refractivity contribution is -0.153. The van der Waals surface area contributed by atoms with Gasteiger partial charge in [0.1, 0.15) is 18.2 Å². The van der Waals surface area contributed by atoms with Gasteiger partial charge in [-0.1, -0.05) is 18.3 Å². The Balaban J connectivity index is 1.67. The van der Waals surface area contributed by atoms with Crippen LogP contribution in [0.4, 0.5) is 0 Å². The number of nitrogens with zero attached hydrogens (tertiary/aromatic N) is 4. The van der Waals surface area contributed by atoms with Crippen LogP contribution in [-0.4, -0.2) is 43.8 Å². The predicted octanol–water partition coefficient (Wildman–Crippen LogP) is -0.0944. The molecule has 24 heavy (non-hydrogen) atoms. The van der Waals surface area contributed by atoms with Crippen molar-refractivity contribution in [2.75, 3.05) is 6.54 Å². The van der Waals surface area contributed by atoms with Crippen molar-refractivity contribution in [1.82, 2.24) is 19.5 Å². The van der Waals surface area contributed by atoms with Gasteiger partial charge in [-0.3, -0.25) is 24.1 Å². The van der Waals surface area contributed by atoms with Crippen LogP contribution in [0.5, 0.6) is 0 Å². The minimum atomic E-state index is -0.723. The van der Waals surface area contributed by atoms with Crippen LogP contribution < -0.4 is 5.56 Å². The van der Waals surface area contributed by atoms with Crippen LogP contribution in [-0.2, 0) is 32.1 Å². The summed E-state index contributed by atoms with van der Waals surface area (Å²) in [4.78, 5) is 52.2. The van der Waals surface area contributed by atoms with Gasteiger partial charge in [-0.25, -0.2) is 4.98 Å². The summed E-state index contributed by atoms with van der Waals surface area (Å²) in [6.07, 6.45) is 0.925. The molecule has 10 heteroatoms. The highest BCUT2D eigenvalue weighted by atomic mass is 32.1. The second-order valence-corrected chi connectivity index (χ2v) is 6.20. The van der Waals surface area contributed by atoms with Gasteiger partial charge in [-0.05, 0) is 6.42 Å². The maximum atomic E-state index is 12.0. The van der Waals surface area contributed by atoms with E-state index in [0.717, 1.165) is 9.91 Å². The van der Waals surface area contributed by atoms with E-state index in [9.17, 15) is 19.2 Å². The van der Waals surface area contributed by atoms with E-state index >= 15 is 0 Å². The number of fused-ring (bicyclic) bond motifs is 1. The molecule has 1 aliphatic heterocycles. The first-order valence-electron chi connectivity index (χ1n) is 7.35. The van der Waals surface area contributed by atoms with E-state index in [-0.39, 0.29) is 36.8 Å². The summed E-state index contributed by atoms with van der Waals surface area (Å²) in [5, 5.41) is 4.90. The van der Waals surface area contributed by atoms with Crippen molar-refractivity contribution in [3.63, 3.8) is 0 Å². The quantitative estimate of drug-likeness (QED) is 0.547. The summed E-state index contributed by atoms with van der Waals surface area (Å²) in [5.74, 6) is -1.49. The molecule has 0 bridgehead atoms. The zero-order chi connectivity index (χ0) is 17.3. The smallest absolute Gasteiger partial charge is 0.326 e. The molecule has 3 rings (SSSR count). The van der Waals surface area contributed by atoms with Crippen LogP contribution in [0.1, 0.15) is 30.5 Å². The molecule has 9 nitrogen and oxygen atoms in total. The van der Waals surface area contributed by atoms with Gasteiger partial charge in [0.05, 0.1) is 5.69 Å². The van der Waals surface area contributed by atoms with Gasteiger partial charge in [0.2, 0.25) is 16.8 Å². The van der Waals surface area contributed by atoms with Crippen LogP contribution >= 0.6 is 11.3 Å². The number of imide groups is 1. The zero-order valence-electron chi connectivity index (χ0n) is 12.9. The van der Waals surface area contributed by atoms with Crippen molar-refractivity contribution in [2.24, 2.45) is 0 Å². The number of esters is 1. The van der Waals surface area contributed by atoms with Gasteiger partial charge in [0.15, 0.2) is 0 Å². The second kappa shape index (κ2) is 6.48. The van der Waals surface area contributed by atoms with Gasteiger partial charge in [0, 0.05) is 18.9 Å². The average molecular weight is 350 g/mol. The number of carbonyl (C=O) groups is 3.